The number of anilines is 1. The van der Waals surface area contributed by atoms with Crippen molar-refractivity contribution >= 4 is 16.7 Å². The third-order valence-electron chi connectivity index (χ3n) is 5.71. The van der Waals surface area contributed by atoms with Crippen molar-refractivity contribution < 1.29 is 4.39 Å². The second-order valence-electron chi connectivity index (χ2n) is 7.79. The fourth-order valence-electron chi connectivity index (χ4n) is 4.12. The van der Waals surface area contributed by atoms with Crippen molar-refractivity contribution in [1.29, 1.82) is 0 Å². The van der Waals surface area contributed by atoms with Crippen LogP contribution < -0.4 is 4.90 Å². The van der Waals surface area contributed by atoms with E-state index in [1.165, 1.54) is 12.4 Å². The molecule has 5 heterocycles. The van der Waals surface area contributed by atoms with Crippen LogP contribution in [0, 0.1) is 5.82 Å². The first-order chi connectivity index (χ1) is 15.7. The number of rotatable bonds is 3. The summed E-state index contributed by atoms with van der Waals surface area (Å²) >= 11 is 0. The van der Waals surface area contributed by atoms with Crippen LogP contribution in [0.1, 0.15) is 12.2 Å². The number of aryl methyl sites for hydroxylation is 2. The Hall–Kier alpha value is -4.15. The predicted octanol–water partition coefficient (Wildman–Crippen LogP) is 2.56. The molecule has 0 radical (unpaired) electrons. The molecule has 1 aliphatic rings. The van der Waals surface area contributed by atoms with Crippen LogP contribution in [0.4, 0.5) is 10.2 Å². The van der Waals surface area contributed by atoms with E-state index in [0.29, 0.717) is 34.6 Å². The summed E-state index contributed by atoms with van der Waals surface area (Å²) in [6.45, 7) is 2.28. The minimum atomic E-state index is -0.335. The van der Waals surface area contributed by atoms with Crippen LogP contribution in [0.25, 0.3) is 33.4 Å². The number of nitrogens with zero attached hydrogens (tertiary/aromatic N) is 9. The van der Waals surface area contributed by atoms with Crippen molar-refractivity contribution in [2.24, 2.45) is 7.05 Å². The van der Waals surface area contributed by atoms with Crippen LogP contribution in [0.15, 0.2) is 43.2 Å². The van der Waals surface area contributed by atoms with Gasteiger partial charge in [-0.25, -0.2) is 24.0 Å². The summed E-state index contributed by atoms with van der Waals surface area (Å²) in [5.41, 5.74) is 3.08. The van der Waals surface area contributed by atoms with Gasteiger partial charge in [0.2, 0.25) is 0 Å². The smallest absolute Gasteiger partial charge is 0.146 e. The third-order valence-corrected chi connectivity index (χ3v) is 5.71. The standard InChI is InChI=1S/C21H19FN10/c1-30-9-13(8-26-30)14-5-15-17(6-16(14)22)28-29-21(15)18-7-19(24-11-23-18)31-3-2-4-32-20(10-31)25-12-27-32/h5-9,11-12H,2-4,10H2,1H3,(H,28,29). The molecule has 32 heavy (non-hydrogen) atoms. The molecule has 0 saturated carbocycles. The van der Waals surface area contributed by atoms with Gasteiger partial charge in [0.05, 0.1) is 24.0 Å². The topological polar surface area (TPSA) is 106 Å². The number of hydrogen-bond donors (Lipinski definition) is 1. The molecule has 4 aromatic heterocycles. The van der Waals surface area contributed by atoms with Gasteiger partial charge in [-0.1, -0.05) is 0 Å². The van der Waals surface area contributed by atoms with Crippen LogP contribution in [-0.4, -0.2) is 51.3 Å². The fraction of sp³-hybridized carbons (Fsp3) is 0.238. The molecule has 5 aromatic rings. The van der Waals surface area contributed by atoms with Gasteiger partial charge in [0.1, 0.15) is 35.8 Å². The summed E-state index contributed by atoms with van der Waals surface area (Å²) in [5.74, 6) is 1.36. The molecule has 0 unspecified atom stereocenters. The van der Waals surface area contributed by atoms with E-state index in [1.807, 2.05) is 10.7 Å². The Balaban J connectivity index is 1.40. The number of nitrogens with one attached hydrogen (secondary N) is 1. The molecule has 0 saturated heterocycles. The summed E-state index contributed by atoms with van der Waals surface area (Å²) in [5, 5.41) is 16.6. The zero-order chi connectivity index (χ0) is 21.7. The van der Waals surface area contributed by atoms with E-state index in [9.17, 15) is 4.39 Å². The van der Waals surface area contributed by atoms with Gasteiger partial charge in [-0.2, -0.15) is 15.3 Å². The number of aromatic amines is 1. The van der Waals surface area contributed by atoms with E-state index >= 15 is 0 Å². The fourth-order valence-corrected chi connectivity index (χ4v) is 4.12. The molecule has 1 aromatic carbocycles. The highest BCUT2D eigenvalue weighted by Crippen LogP contribution is 2.32. The van der Waals surface area contributed by atoms with Gasteiger partial charge >= 0.3 is 0 Å². The number of benzene rings is 1. The van der Waals surface area contributed by atoms with E-state index in [4.69, 9.17) is 0 Å². The van der Waals surface area contributed by atoms with Gasteiger partial charge in [-0.05, 0) is 12.5 Å². The Morgan fingerprint density at radius 1 is 1.03 bits per heavy atom. The quantitative estimate of drug-likeness (QED) is 0.469. The number of fused-ring (bicyclic) bond motifs is 2. The van der Waals surface area contributed by atoms with E-state index in [2.05, 4.69) is 40.2 Å². The summed E-state index contributed by atoms with van der Waals surface area (Å²) in [4.78, 5) is 15.5. The van der Waals surface area contributed by atoms with Gasteiger partial charge in [-0.3, -0.25) is 9.78 Å². The molecule has 1 N–H and O–H groups in total. The SMILES string of the molecule is Cn1cc(-c2cc3c(-c4cc(N5CCCn6ncnc6C5)ncn4)n[nH]c3cc2F)cn1. The molecule has 0 amide bonds. The maximum atomic E-state index is 14.7. The second kappa shape index (κ2) is 7.22. The predicted molar refractivity (Wildman–Crippen MR) is 115 cm³/mol. The van der Waals surface area contributed by atoms with Crippen LogP contribution in [0.3, 0.4) is 0 Å². The Morgan fingerprint density at radius 2 is 1.97 bits per heavy atom. The highest BCUT2D eigenvalue weighted by Gasteiger charge is 2.20. The molecule has 160 valence electrons. The minimum absolute atomic E-state index is 0.335. The van der Waals surface area contributed by atoms with E-state index < -0.39 is 0 Å². The molecule has 11 heteroatoms. The van der Waals surface area contributed by atoms with Crippen molar-refractivity contribution in [3.8, 4) is 22.5 Å². The lowest BCUT2D eigenvalue weighted by Crippen LogP contribution is -2.24. The van der Waals surface area contributed by atoms with Crippen LogP contribution in [0.5, 0.6) is 0 Å². The number of H-pyrrole nitrogens is 1. The largest absolute Gasteiger partial charge is 0.349 e. The number of halogens is 1. The van der Waals surface area contributed by atoms with E-state index in [-0.39, 0.29) is 5.82 Å². The summed E-state index contributed by atoms with van der Waals surface area (Å²) < 4.78 is 18.3. The Bertz CT molecular complexity index is 1430. The lowest BCUT2D eigenvalue weighted by molar-refractivity contribution is 0.589. The van der Waals surface area contributed by atoms with Crippen LogP contribution in [-0.2, 0) is 20.1 Å². The molecule has 0 atom stereocenters. The van der Waals surface area contributed by atoms with Crippen molar-refractivity contribution in [1.82, 2.24) is 44.7 Å². The molecular formula is C21H19FN10. The van der Waals surface area contributed by atoms with Crippen molar-refractivity contribution in [3.05, 3.63) is 54.9 Å². The van der Waals surface area contributed by atoms with Crippen LogP contribution in [0.2, 0.25) is 0 Å². The monoisotopic (exact) mass is 430 g/mol. The van der Waals surface area contributed by atoms with Gasteiger partial charge in [0.25, 0.3) is 0 Å². The Labute approximate surface area is 181 Å². The molecule has 0 bridgehead atoms. The van der Waals surface area contributed by atoms with Gasteiger partial charge < -0.3 is 4.90 Å². The normalized spacial score (nSPS) is 14.0. The summed E-state index contributed by atoms with van der Waals surface area (Å²) in [6, 6.07) is 5.16. The number of hydrogen-bond acceptors (Lipinski definition) is 7. The highest BCUT2D eigenvalue weighted by molar-refractivity contribution is 5.95. The molecule has 10 nitrogen and oxygen atoms in total. The first kappa shape index (κ1) is 18.6. The first-order valence-electron chi connectivity index (χ1n) is 10.3. The molecule has 0 fully saturated rings. The van der Waals surface area contributed by atoms with Crippen molar-refractivity contribution in [2.45, 2.75) is 19.5 Å². The zero-order valence-corrected chi connectivity index (χ0v) is 17.3. The van der Waals surface area contributed by atoms with Crippen molar-refractivity contribution in [3.63, 3.8) is 0 Å². The second-order valence-corrected chi connectivity index (χ2v) is 7.79. The average molecular weight is 430 g/mol. The molecule has 0 spiro atoms. The van der Waals surface area contributed by atoms with Gasteiger partial charge in [0.15, 0.2) is 0 Å². The van der Waals surface area contributed by atoms with E-state index in [0.717, 1.165) is 36.5 Å². The highest BCUT2D eigenvalue weighted by atomic mass is 19.1. The summed E-state index contributed by atoms with van der Waals surface area (Å²) in [7, 11) is 1.80. The lowest BCUT2D eigenvalue weighted by atomic mass is 10.0. The average Bonchev–Trinajstić information content (AvgIpc) is 3.50. The van der Waals surface area contributed by atoms with Crippen molar-refractivity contribution in [2.75, 3.05) is 11.4 Å². The molecule has 6 rings (SSSR count). The van der Waals surface area contributed by atoms with Crippen LogP contribution >= 0.6 is 0 Å². The van der Waals surface area contributed by atoms with Gasteiger partial charge in [0, 0.05) is 55.0 Å². The van der Waals surface area contributed by atoms with Gasteiger partial charge in [-0.15, -0.1) is 0 Å². The molecule has 1 aliphatic heterocycles. The molecular weight excluding hydrogens is 411 g/mol. The maximum Gasteiger partial charge on any atom is 0.146 e. The zero-order valence-electron chi connectivity index (χ0n) is 17.3. The first-order valence-corrected chi connectivity index (χ1v) is 10.3. The summed E-state index contributed by atoms with van der Waals surface area (Å²) in [6.07, 6.45) is 7.48. The Kier molecular flexibility index (Phi) is 4.20. The lowest BCUT2D eigenvalue weighted by Gasteiger charge is -2.20. The Morgan fingerprint density at radius 3 is 2.84 bits per heavy atom. The minimum Gasteiger partial charge on any atom is -0.349 e. The maximum absolute atomic E-state index is 14.7. The van der Waals surface area contributed by atoms with E-state index in [1.54, 1.807) is 36.5 Å². The third kappa shape index (κ3) is 3.09. The number of aromatic nitrogens is 9. The molecule has 0 aliphatic carbocycles.